The molecule has 0 bridgehead atoms. The van der Waals surface area contributed by atoms with Crippen molar-refractivity contribution in [3.8, 4) is 0 Å². The number of fused-ring (bicyclic) bond motifs is 1. The van der Waals surface area contributed by atoms with Gasteiger partial charge in [0, 0.05) is 37.6 Å². The van der Waals surface area contributed by atoms with Gasteiger partial charge < -0.3 is 15.5 Å². The van der Waals surface area contributed by atoms with Gasteiger partial charge in [-0.2, -0.15) is 0 Å². The van der Waals surface area contributed by atoms with E-state index in [1.165, 1.54) is 42.4 Å². The zero-order valence-electron chi connectivity index (χ0n) is 17.3. The van der Waals surface area contributed by atoms with Crippen LogP contribution in [0, 0.1) is 0 Å². The monoisotopic (exact) mass is 423 g/mol. The highest BCUT2D eigenvalue weighted by Gasteiger charge is 2.17. The first kappa shape index (κ1) is 22.1. The second-order valence-corrected chi connectivity index (χ2v) is 7.74. The first-order chi connectivity index (χ1) is 14.8. The van der Waals surface area contributed by atoms with Crippen molar-refractivity contribution < 1.29 is 0 Å². The van der Waals surface area contributed by atoms with Crippen molar-refractivity contribution in [2.24, 2.45) is 9.98 Å². The van der Waals surface area contributed by atoms with E-state index in [2.05, 4.69) is 50.0 Å². The summed E-state index contributed by atoms with van der Waals surface area (Å²) in [6.45, 7) is 12.3. The summed E-state index contributed by atoms with van der Waals surface area (Å²) in [5.41, 5.74) is 4.21. The van der Waals surface area contributed by atoms with Gasteiger partial charge in [-0.15, -0.1) is 11.8 Å². The predicted molar refractivity (Wildman–Crippen MR) is 128 cm³/mol. The van der Waals surface area contributed by atoms with Crippen LogP contribution in [0.3, 0.4) is 0 Å². The first-order valence-corrected chi connectivity index (χ1v) is 11.1. The van der Waals surface area contributed by atoms with Gasteiger partial charge >= 0.3 is 0 Å². The fourth-order valence-electron chi connectivity index (χ4n) is 3.27. The van der Waals surface area contributed by atoms with E-state index in [-0.39, 0.29) is 0 Å². The Morgan fingerprint density at radius 3 is 2.77 bits per heavy atom. The average molecular weight is 424 g/mol. The second kappa shape index (κ2) is 12.2. The van der Waals surface area contributed by atoms with Crippen LogP contribution in [-0.2, 0) is 13.0 Å². The molecule has 7 nitrogen and oxygen atoms in total. The van der Waals surface area contributed by atoms with Gasteiger partial charge in [0.15, 0.2) is 0 Å². The number of thioether (sulfide) groups is 1. The van der Waals surface area contributed by atoms with Gasteiger partial charge in [-0.1, -0.05) is 6.07 Å². The third-order valence-electron chi connectivity index (χ3n) is 4.83. The molecule has 4 rings (SSSR count). The molecule has 2 aromatic rings. The minimum atomic E-state index is 0.592. The van der Waals surface area contributed by atoms with Gasteiger partial charge in [-0.3, -0.25) is 15.0 Å². The Bertz CT molecular complexity index is 853. The van der Waals surface area contributed by atoms with E-state index in [1.807, 2.05) is 36.0 Å². The van der Waals surface area contributed by atoms with Gasteiger partial charge in [0.05, 0.1) is 17.3 Å². The molecule has 0 aliphatic carbocycles. The van der Waals surface area contributed by atoms with Crippen LogP contribution in [0.25, 0.3) is 5.70 Å². The van der Waals surface area contributed by atoms with Crippen molar-refractivity contribution in [2.45, 2.75) is 19.4 Å². The molecular formula is C22H29N7S. The number of pyridine rings is 2. The number of nitrogens with one attached hydrogen (secondary N) is 2. The quantitative estimate of drug-likeness (QED) is 0.549. The summed E-state index contributed by atoms with van der Waals surface area (Å²) in [6, 6.07) is 8.09. The normalized spacial score (nSPS) is 16.1. The lowest BCUT2D eigenvalue weighted by molar-refractivity contribution is 0.496. The van der Waals surface area contributed by atoms with Gasteiger partial charge in [0.25, 0.3) is 0 Å². The molecule has 0 saturated carbocycles. The maximum atomic E-state index is 4.76. The third-order valence-corrected chi connectivity index (χ3v) is 5.55. The molecule has 0 aromatic carbocycles. The van der Waals surface area contributed by atoms with Crippen LogP contribution >= 0.6 is 11.8 Å². The van der Waals surface area contributed by atoms with Gasteiger partial charge in [-0.05, 0) is 68.7 Å². The Hall–Kier alpha value is -2.55. The summed E-state index contributed by atoms with van der Waals surface area (Å²) in [7, 11) is 0. The molecule has 2 aliphatic rings. The summed E-state index contributed by atoms with van der Waals surface area (Å²) in [6.07, 6.45) is 6.09. The lowest BCUT2D eigenvalue weighted by Gasteiger charge is -2.29. The molecule has 0 unspecified atom stereocenters. The summed E-state index contributed by atoms with van der Waals surface area (Å²) in [4.78, 5) is 19.2. The number of aliphatic imine (C=N–C) groups is 2. The largest absolute Gasteiger partial charge is 0.352 e. The smallest absolute Gasteiger partial charge is 0.129 e. The fraction of sp³-hybridized carbons (Fsp3) is 0.364. The van der Waals surface area contributed by atoms with Crippen LogP contribution in [0.15, 0.2) is 52.1 Å². The van der Waals surface area contributed by atoms with Crippen molar-refractivity contribution in [1.29, 1.82) is 0 Å². The van der Waals surface area contributed by atoms with Crippen LogP contribution in [0.1, 0.15) is 23.2 Å². The Balaban J connectivity index is 0.000000367. The molecule has 2 aromatic heterocycles. The molecule has 2 aliphatic heterocycles. The average Bonchev–Trinajstić information content (AvgIpc) is 2.83. The Kier molecular flexibility index (Phi) is 9.02. The van der Waals surface area contributed by atoms with Crippen LogP contribution in [0.2, 0.25) is 0 Å². The summed E-state index contributed by atoms with van der Waals surface area (Å²) >= 11 is 1.53. The van der Waals surface area contributed by atoms with Gasteiger partial charge in [0.2, 0.25) is 0 Å². The van der Waals surface area contributed by atoms with E-state index < -0.39 is 0 Å². The molecule has 158 valence electrons. The van der Waals surface area contributed by atoms with Gasteiger partial charge in [-0.25, -0.2) is 4.98 Å². The first-order valence-electron chi connectivity index (χ1n) is 10.1. The predicted octanol–water partition coefficient (Wildman–Crippen LogP) is 2.96. The highest BCUT2D eigenvalue weighted by Crippen LogP contribution is 2.25. The lowest BCUT2D eigenvalue weighted by Crippen LogP contribution is -2.37. The molecule has 0 atom stereocenters. The number of hydrogen-bond acceptors (Lipinski definition) is 8. The number of rotatable bonds is 6. The topological polar surface area (TPSA) is 77.8 Å². The minimum Gasteiger partial charge on any atom is -0.352 e. The molecule has 1 saturated heterocycles. The fourth-order valence-corrected chi connectivity index (χ4v) is 3.80. The lowest BCUT2D eigenvalue weighted by atomic mass is 10.0. The van der Waals surface area contributed by atoms with Crippen LogP contribution in [0.5, 0.6) is 0 Å². The van der Waals surface area contributed by atoms with Crippen molar-refractivity contribution in [3.05, 3.63) is 58.9 Å². The van der Waals surface area contributed by atoms with E-state index in [9.17, 15) is 0 Å². The van der Waals surface area contributed by atoms with E-state index in [1.54, 1.807) is 0 Å². The van der Waals surface area contributed by atoms with E-state index in [0.717, 1.165) is 43.4 Å². The molecule has 8 heteroatoms. The van der Waals surface area contributed by atoms with Crippen LogP contribution in [-0.4, -0.2) is 55.6 Å². The highest BCUT2D eigenvalue weighted by atomic mass is 32.2. The molecule has 0 radical (unpaired) electrons. The van der Waals surface area contributed by atoms with Crippen molar-refractivity contribution in [2.75, 3.05) is 37.1 Å². The SMILES string of the molecule is C1CNCNC1.C=NCS/C=C(\N=C)c1cccc(N2CCc3ccncc3C2)n1. The van der Waals surface area contributed by atoms with Crippen molar-refractivity contribution in [3.63, 3.8) is 0 Å². The van der Waals surface area contributed by atoms with Crippen LogP contribution < -0.4 is 15.5 Å². The van der Waals surface area contributed by atoms with E-state index in [4.69, 9.17) is 4.98 Å². The molecule has 0 amide bonds. The molecular weight excluding hydrogens is 394 g/mol. The molecule has 30 heavy (non-hydrogen) atoms. The number of anilines is 1. The van der Waals surface area contributed by atoms with E-state index >= 15 is 0 Å². The molecule has 2 N–H and O–H groups in total. The van der Waals surface area contributed by atoms with E-state index in [0.29, 0.717) is 5.88 Å². The van der Waals surface area contributed by atoms with Gasteiger partial charge in [0.1, 0.15) is 5.82 Å². The minimum absolute atomic E-state index is 0.592. The maximum absolute atomic E-state index is 4.76. The highest BCUT2D eigenvalue weighted by molar-refractivity contribution is 8.02. The Labute approximate surface area is 182 Å². The zero-order valence-corrected chi connectivity index (χ0v) is 18.1. The van der Waals surface area contributed by atoms with Crippen LogP contribution in [0.4, 0.5) is 5.82 Å². The zero-order chi connectivity index (χ0) is 21.0. The summed E-state index contributed by atoms with van der Waals surface area (Å²) in [5, 5.41) is 8.27. The number of nitrogens with zero attached hydrogens (tertiary/aromatic N) is 5. The summed E-state index contributed by atoms with van der Waals surface area (Å²) < 4.78 is 0. The van der Waals surface area contributed by atoms with Crippen molar-refractivity contribution in [1.82, 2.24) is 20.6 Å². The number of hydrogen-bond donors (Lipinski definition) is 2. The van der Waals surface area contributed by atoms with Crippen molar-refractivity contribution >= 4 is 36.7 Å². The molecule has 4 heterocycles. The summed E-state index contributed by atoms with van der Waals surface area (Å²) in [5.74, 6) is 1.54. The Morgan fingerprint density at radius 2 is 2.07 bits per heavy atom. The molecule has 0 spiro atoms. The standard InChI is InChI=1S/C18H19N5S.C4H10N2/c1-19-13-24-12-17(20-2)16-4-3-5-18(22-16)23-9-7-14-6-8-21-10-15(14)11-23;1-2-5-4-6-3-1/h3-6,8,10,12H,1-2,7,9,11,13H2;5-6H,1-4H2/b17-12-;. The third kappa shape index (κ3) is 6.48. The maximum Gasteiger partial charge on any atom is 0.129 e. The molecule has 1 fully saturated rings. The second-order valence-electron chi connectivity index (χ2n) is 6.91. The number of aromatic nitrogens is 2. The Morgan fingerprint density at radius 1 is 1.20 bits per heavy atom.